The predicted octanol–water partition coefficient (Wildman–Crippen LogP) is 2.19. The van der Waals surface area contributed by atoms with Crippen molar-refractivity contribution in [1.82, 2.24) is 9.21 Å². The van der Waals surface area contributed by atoms with Gasteiger partial charge in [0.05, 0.1) is 10.5 Å². The van der Waals surface area contributed by atoms with Crippen LogP contribution < -0.4 is 0 Å². The SMILES string of the molecule is CN(C(=O)C1CCN(S(=O)(=O)c2ccccc2C(=O)O)CC1)C1CCCC1. The summed E-state index contributed by atoms with van der Waals surface area (Å²) in [5.41, 5.74) is -0.225. The molecule has 2 fully saturated rings. The van der Waals surface area contributed by atoms with Crippen LogP contribution in [-0.2, 0) is 14.8 Å². The maximum atomic E-state index is 12.9. The number of rotatable bonds is 5. The highest BCUT2D eigenvalue weighted by Crippen LogP contribution is 2.29. The molecule has 0 bridgehead atoms. The van der Waals surface area contributed by atoms with E-state index in [2.05, 4.69) is 0 Å². The van der Waals surface area contributed by atoms with Crippen LogP contribution in [0, 0.1) is 5.92 Å². The van der Waals surface area contributed by atoms with Crippen LogP contribution in [0.4, 0.5) is 0 Å². The highest BCUT2D eigenvalue weighted by molar-refractivity contribution is 7.89. The van der Waals surface area contributed by atoms with Gasteiger partial charge in [-0.25, -0.2) is 13.2 Å². The first-order chi connectivity index (χ1) is 12.8. The summed E-state index contributed by atoms with van der Waals surface area (Å²) >= 11 is 0. The number of carboxylic acids is 1. The first-order valence-electron chi connectivity index (χ1n) is 9.41. The topological polar surface area (TPSA) is 95.0 Å². The summed E-state index contributed by atoms with van der Waals surface area (Å²) < 4.78 is 27.1. The van der Waals surface area contributed by atoms with E-state index in [1.807, 2.05) is 11.9 Å². The van der Waals surface area contributed by atoms with Gasteiger partial charge in [-0.15, -0.1) is 0 Å². The Balaban J connectivity index is 1.68. The molecule has 1 saturated heterocycles. The molecule has 0 atom stereocenters. The molecule has 1 aromatic rings. The molecule has 3 rings (SSSR count). The molecule has 8 heteroatoms. The highest BCUT2D eigenvalue weighted by Gasteiger charge is 2.36. The van der Waals surface area contributed by atoms with Crippen molar-refractivity contribution < 1.29 is 23.1 Å². The second kappa shape index (κ2) is 7.98. The van der Waals surface area contributed by atoms with Gasteiger partial charge < -0.3 is 10.0 Å². The molecule has 1 amide bonds. The molecule has 7 nitrogen and oxygen atoms in total. The monoisotopic (exact) mass is 394 g/mol. The summed E-state index contributed by atoms with van der Waals surface area (Å²) in [6.45, 7) is 0.455. The number of carboxylic acid groups (broad SMARTS) is 1. The Morgan fingerprint density at radius 2 is 1.67 bits per heavy atom. The van der Waals surface area contributed by atoms with Crippen LogP contribution in [0.2, 0.25) is 0 Å². The largest absolute Gasteiger partial charge is 0.478 e. The van der Waals surface area contributed by atoms with E-state index in [0.717, 1.165) is 25.7 Å². The normalized spacial score (nSPS) is 19.9. The van der Waals surface area contributed by atoms with E-state index in [-0.39, 0.29) is 35.4 Å². The number of carbonyl (C=O) groups is 2. The van der Waals surface area contributed by atoms with E-state index < -0.39 is 16.0 Å². The van der Waals surface area contributed by atoms with Gasteiger partial charge in [0.2, 0.25) is 15.9 Å². The molecule has 27 heavy (non-hydrogen) atoms. The fourth-order valence-corrected chi connectivity index (χ4v) is 5.76. The van der Waals surface area contributed by atoms with Crippen molar-refractivity contribution in [2.45, 2.75) is 49.5 Å². The highest BCUT2D eigenvalue weighted by atomic mass is 32.2. The quantitative estimate of drug-likeness (QED) is 0.826. The van der Waals surface area contributed by atoms with E-state index >= 15 is 0 Å². The maximum absolute atomic E-state index is 12.9. The number of benzene rings is 1. The van der Waals surface area contributed by atoms with Crippen molar-refractivity contribution in [2.24, 2.45) is 5.92 Å². The van der Waals surface area contributed by atoms with Gasteiger partial charge in [-0.2, -0.15) is 4.31 Å². The first kappa shape index (κ1) is 19.8. The molecule has 1 heterocycles. The zero-order valence-electron chi connectivity index (χ0n) is 15.5. The average molecular weight is 394 g/mol. The predicted molar refractivity (Wildman–Crippen MR) is 99.9 cm³/mol. The number of piperidine rings is 1. The van der Waals surface area contributed by atoms with Crippen molar-refractivity contribution in [2.75, 3.05) is 20.1 Å². The lowest BCUT2D eigenvalue weighted by molar-refractivity contribution is -0.137. The van der Waals surface area contributed by atoms with Crippen molar-refractivity contribution in [3.05, 3.63) is 29.8 Å². The van der Waals surface area contributed by atoms with E-state index in [1.54, 1.807) is 0 Å². The molecule has 2 aliphatic rings. The second-order valence-electron chi connectivity index (χ2n) is 7.37. The van der Waals surface area contributed by atoms with Gasteiger partial charge in [0.1, 0.15) is 0 Å². The van der Waals surface area contributed by atoms with Gasteiger partial charge in [0.15, 0.2) is 0 Å². The number of nitrogens with zero attached hydrogens (tertiary/aromatic N) is 2. The van der Waals surface area contributed by atoms with Crippen molar-refractivity contribution >= 4 is 21.9 Å². The summed E-state index contributed by atoms with van der Waals surface area (Å²) in [5.74, 6) is -1.33. The summed E-state index contributed by atoms with van der Waals surface area (Å²) in [6.07, 6.45) is 5.32. The molecule has 0 aromatic heterocycles. The second-order valence-corrected chi connectivity index (χ2v) is 9.27. The van der Waals surface area contributed by atoms with Gasteiger partial charge in [-0.1, -0.05) is 25.0 Å². The standard InChI is InChI=1S/C19H26N2O5S/c1-20(15-6-2-3-7-15)18(22)14-10-12-21(13-11-14)27(25,26)17-9-5-4-8-16(17)19(23)24/h4-5,8-9,14-15H,2-3,6-7,10-13H2,1H3,(H,23,24). The van der Waals surface area contributed by atoms with Gasteiger partial charge in [0, 0.05) is 32.1 Å². The summed E-state index contributed by atoms with van der Waals surface area (Å²) in [5, 5.41) is 9.27. The number of hydrogen-bond acceptors (Lipinski definition) is 4. The molecule has 1 N–H and O–H groups in total. The van der Waals surface area contributed by atoms with Crippen LogP contribution in [0.5, 0.6) is 0 Å². The van der Waals surface area contributed by atoms with Crippen LogP contribution in [-0.4, -0.2) is 60.8 Å². The Bertz CT molecular complexity index is 809. The van der Waals surface area contributed by atoms with Crippen molar-refractivity contribution in [3.63, 3.8) is 0 Å². The van der Waals surface area contributed by atoms with E-state index in [0.29, 0.717) is 18.9 Å². The number of aromatic carboxylic acids is 1. The van der Waals surface area contributed by atoms with E-state index in [9.17, 15) is 23.1 Å². The molecule has 1 aliphatic carbocycles. The third kappa shape index (κ3) is 4.01. The Morgan fingerprint density at radius 3 is 2.26 bits per heavy atom. The lowest BCUT2D eigenvalue weighted by Crippen LogP contribution is -2.45. The summed E-state index contributed by atoms with van der Waals surface area (Å²) in [7, 11) is -2.04. The molecule has 1 aromatic carbocycles. The molecule has 0 radical (unpaired) electrons. The lowest BCUT2D eigenvalue weighted by Gasteiger charge is -2.34. The summed E-state index contributed by atoms with van der Waals surface area (Å²) in [6, 6.07) is 5.95. The summed E-state index contributed by atoms with van der Waals surface area (Å²) in [4.78, 5) is 25.8. The van der Waals surface area contributed by atoms with Crippen LogP contribution in [0.25, 0.3) is 0 Å². The Labute approximate surface area is 160 Å². The molecule has 1 saturated carbocycles. The van der Waals surface area contributed by atoms with Gasteiger partial charge in [0.25, 0.3) is 0 Å². The Morgan fingerprint density at radius 1 is 1.07 bits per heavy atom. The number of hydrogen-bond donors (Lipinski definition) is 1. The zero-order valence-corrected chi connectivity index (χ0v) is 16.3. The average Bonchev–Trinajstić information content (AvgIpc) is 3.21. The maximum Gasteiger partial charge on any atom is 0.337 e. The molecule has 148 valence electrons. The zero-order chi connectivity index (χ0) is 19.6. The van der Waals surface area contributed by atoms with Gasteiger partial charge in [-0.05, 0) is 37.8 Å². The van der Waals surface area contributed by atoms with Crippen LogP contribution in [0.3, 0.4) is 0 Å². The molecule has 1 aliphatic heterocycles. The minimum Gasteiger partial charge on any atom is -0.478 e. The van der Waals surface area contributed by atoms with Crippen molar-refractivity contribution in [3.8, 4) is 0 Å². The van der Waals surface area contributed by atoms with Crippen LogP contribution in [0.1, 0.15) is 48.9 Å². The molecular formula is C19H26N2O5S. The number of sulfonamides is 1. The van der Waals surface area contributed by atoms with Gasteiger partial charge in [-0.3, -0.25) is 4.79 Å². The van der Waals surface area contributed by atoms with E-state index in [4.69, 9.17) is 0 Å². The third-order valence-electron chi connectivity index (χ3n) is 5.76. The molecular weight excluding hydrogens is 368 g/mol. The lowest BCUT2D eigenvalue weighted by atomic mass is 9.96. The number of amides is 1. The van der Waals surface area contributed by atoms with Gasteiger partial charge >= 0.3 is 5.97 Å². The minimum absolute atomic E-state index is 0.102. The Kier molecular flexibility index (Phi) is 5.86. The molecule has 0 unspecified atom stereocenters. The third-order valence-corrected chi connectivity index (χ3v) is 7.72. The van der Waals surface area contributed by atoms with Crippen molar-refractivity contribution in [1.29, 1.82) is 0 Å². The number of carbonyl (C=O) groups excluding carboxylic acids is 1. The fourth-order valence-electron chi connectivity index (χ4n) is 4.11. The first-order valence-corrected chi connectivity index (χ1v) is 10.9. The van der Waals surface area contributed by atoms with E-state index in [1.165, 1.54) is 28.6 Å². The van der Waals surface area contributed by atoms with Crippen LogP contribution in [0.15, 0.2) is 29.2 Å². The smallest absolute Gasteiger partial charge is 0.337 e. The minimum atomic E-state index is -3.90. The molecule has 0 spiro atoms. The Hall–Kier alpha value is -1.93. The fraction of sp³-hybridized carbons (Fsp3) is 0.579. The van der Waals surface area contributed by atoms with Crippen LogP contribution >= 0.6 is 0 Å².